The second-order valence-corrected chi connectivity index (χ2v) is 5.22. The lowest BCUT2D eigenvalue weighted by Crippen LogP contribution is -2.59. The Bertz CT molecular complexity index is 588. The van der Waals surface area contributed by atoms with E-state index in [2.05, 4.69) is 0 Å². The highest BCUT2D eigenvalue weighted by Crippen LogP contribution is 2.34. The van der Waals surface area contributed by atoms with Crippen molar-refractivity contribution in [2.24, 2.45) is 0 Å². The molecule has 0 atom stereocenters. The largest absolute Gasteiger partial charge is 0.487 e. The molecule has 2 aliphatic heterocycles. The zero-order valence-corrected chi connectivity index (χ0v) is 11.4. The molecule has 0 radical (unpaired) electrons. The minimum Gasteiger partial charge on any atom is -0.487 e. The molecule has 1 saturated heterocycles. The van der Waals surface area contributed by atoms with Crippen molar-refractivity contribution in [2.75, 3.05) is 26.4 Å². The van der Waals surface area contributed by atoms with Gasteiger partial charge in [0.05, 0.1) is 19.8 Å². The van der Waals surface area contributed by atoms with Crippen LogP contribution in [-0.4, -0.2) is 37.0 Å². The summed E-state index contributed by atoms with van der Waals surface area (Å²) in [5, 5.41) is 0. The van der Waals surface area contributed by atoms with Gasteiger partial charge < -0.3 is 18.8 Å². The predicted octanol–water partition coefficient (Wildman–Crippen LogP) is 0.923. The van der Waals surface area contributed by atoms with Crippen molar-refractivity contribution in [3.05, 3.63) is 28.2 Å². The van der Waals surface area contributed by atoms with Crippen LogP contribution in [0, 0.1) is 0 Å². The first-order valence-electron chi connectivity index (χ1n) is 6.82. The van der Waals surface area contributed by atoms with Gasteiger partial charge in [0.2, 0.25) is 5.43 Å². The summed E-state index contributed by atoms with van der Waals surface area (Å²) in [4.78, 5) is 24.0. The number of pyridine rings is 1. The highest BCUT2D eigenvalue weighted by molar-refractivity contribution is 5.91. The first-order chi connectivity index (χ1) is 9.68. The van der Waals surface area contributed by atoms with Crippen molar-refractivity contribution < 1.29 is 19.0 Å². The summed E-state index contributed by atoms with van der Waals surface area (Å²) < 4.78 is 17.8. The Kier molecular flexibility index (Phi) is 3.25. The van der Waals surface area contributed by atoms with Crippen molar-refractivity contribution in [1.82, 2.24) is 4.57 Å². The number of fused-ring (bicyclic) bond motifs is 2. The zero-order valence-electron chi connectivity index (χ0n) is 11.4. The Morgan fingerprint density at radius 2 is 2.15 bits per heavy atom. The van der Waals surface area contributed by atoms with Crippen LogP contribution in [0.5, 0.6) is 5.75 Å². The van der Waals surface area contributed by atoms with E-state index in [0.29, 0.717) is 19.8 Å². The van der Waals surface area contributed by atoms with Crippen molar-refractivity contribution in [3.63, 3.8) is 0 Å². The summed E-state index contributed by atoms with van der Waals surface area (Å²) in [5.41, 5.74) is -0.454. The first kappa shape index (κ1) is 13.2. The number of cyclic esters (lactones) is 1. The SMILES string of the molecule is CCCCOc1c2n(ccc1=O)C1(COC1)COC2=O. The molecule has 0 amide bonds. The van der Waals surface area contributed by atoms with Gasteiger partial charge in [0.15, 0.2) is 11.4 Å². The molecule has 1 aromatic heterocycles. The molecular formula is C14H17NO5. The summed E-state index contributed by atoms with van der Waals surface area (Å²) in [6, 6.07) is 1.43. The lowest BCUT2D eigenvalue weighted by atomic mass is 9.95. The van der Waals surface area contributed by atoms with Crippen LogP contribution < -0.4 is 10.2 Å². The van der Waals surface area contributed by atoms with E-state index in [1.165, 1.54) is 6.07 Å². The molecule has 0 aromatic carbocycles. The third-order valence-corrected chi connectivity index (χ3v) is 3.72. The lowest BCUT2D eigenvalue weighted by molar-refractivity contribution is -0.136. The number of hydrogen-bond donors (Lipinski definition) is 0. The van der Waals surface area contributed by atoms with Crippen LogP contribution in [-0.2, 0) is 15.0 Å². The topological polar surface area (TPSA) is 66.8 Å². The fourth-order valence-corrected chi connectivity index (χ4v) is 2.46. The Balaban J connectivity index is 2.04. The number of rotatable bonds is 4. The Morgan fingerprint density at radius 1 is 1.35 bits per heavy atom. The molecule has 20 heavy (non-hydrogen) atoms. The van der Waals surface area contributed by atoms with E-state index < -0.39 is 5.97 Å². The molecule has 0 bridgehead atoms. The number of unbranched alkanes of at least 4 members (excludes halogenated alkanes) is 1. The maximum atomic E-state index is 12.0. The highest BCUT2D eigenvalue weighted by atomic mass is 16.6. The van der Waals surface area contributed by atoms with Crippen LogP contribution in [0.3, 0.4) is 0 Å². The molecule has 0 N–H and O–H groups in total. The maximum Gasteiger partial charge on any atom is 0.359 e. The van der Waals surface area contributed by atoms with E-state index in [4.69, 9.17) is 14.2 Å². The third-order valence-electron chi connectivity index (χ3n) is 3.72. The average Bonchev–Trinajstić information content (AvgIpc) is 2.40. The standard InChI is InChI=1S/C14H17NO5/c1-2-3-6-19-12-10(16)4-5-15-11(12)13(17)20-9-14(15)7-18-8-14/h4-5H,2-3,6-9H2,1H3. The second-order valence-electron chi connectivity index (χ2n) is 5.22. The number of esters is 1. The van der Waals surface area contributed by atoms with Crippen LogP contribution in [0.25, 0.3) is 0 Å². The van der Waals surface area contributed by atoms with Crippen LogP contribution >= 0.6 is 0 Å². The molecule has 2 aliphatic rings. The van der Waals surface area contributed by atoms with Crippen LogP contribution in [0.4, 0.5) is 0 Å². The monoisotopic (exact) mass is 279 g/mol. The Labute approximate surface area is 116 Å². The summed E-state index contributed by atoms with van der Waals surface area (Å²) in [6.45, 7) is 3.68. The molecule has 3 heterocycles. The average molecular weight is 279 g/mol. The van der Waals surface area contributed by atoms with Gasteiger partial charge in [-0.1, -0.05) is 13.3 Å². The number of carbonyl (C=O) groups excluding carboxylic acids is 1. The van der Waals surface area contributed by atoms with Gasteiger partial charge in [0, 0.05) is 12.3 Å². The van der Waals surface area contributed by atoms with Crippen LogP contribution in [0.2, 0.25) is 0 Å². The number of aromatic nitrogens is 1. The molecule has 0 saturated carbocycles. The van der Waals surface area contributed by atoms with E-state index in [1.807, 2.05) is 6.92 Å². The van der Waals surface area contributed by atoms with Crippen molar-refractivity contribution in [1.29, 1.82) is 0 Å². The van der Waals surface area contributed by atoms with Gasteiger partial charge in [0.25, 0.3) is 0 Å². The van der Waals surface area contributed by atoms with E-state index in [-0.39, 0.29) is 29.0 Å². The third kappa shape index (κ3) is 1.91. The Hall–Kier alpha value is -1.82. The molecule has 3 rings (SSSR count). The number of hydrogen-bond acceptors (Lipinski definition) is 5. The molecule has 0 aliphatic carbocycles. The number of nitrogens with zero attached hydrogens (tertiary/aromatic N) is 1. The normalized spacial score (nSPS) is 19.1. The highest BCUT2D eigenvalue weighted by Gasteiger charge is 2.47. The van der Waals surface area contributed by atoms with Crippen molar-refractivity contribution >= 4 is 5.97 Å². The molecule has 6 heteroatoms. The van der Waals surface area contributed by atoms with Gasteiger partial charge in [-0.25, -0.2) is 4.79 Å². The molecule has 1 aromatic rings. The molecule has 1 fully saturated rings. The fourth-order valence-electron chi connectivity index (χ4n) is 2.46. The van der Waals surface area contributed by atoms with E-state index in [9.17, 15) is 9.59 Å². The summed E-state index contributed by atoms with van der Waals surface area (Å²) in [7, 11) is 0. The van der Waals surface area contributed by atoms with Crippen molar-refractivity contribution in [3.8, 4) is 5.75 Å². The maximum absolute atomic E-state index is 12.0. The zero-order chi connectivity index (χ0) is 14.2. The summed E-state index contributed by atoms with van der Waals surface area (Å²) in [5.74, 6) is -0.413. The van der Waals surface area contributed by atoms with Crippen molar-refractivity contribution in [2.45, 2.75) is 25.3 Å². The lowest BCUT2D eigenvalue weighted by Gasteiger charge is -2.46. The summed E-state index contributed by atoms with van der Waals surface area (Å²) >= 11 is 0. The molecule has 108 valence electrons. The molecule has 1 spiro atoms. The van der Waals surface area contributed by atoms with E-state index in [1.54, 1.807) is 10.8 Å². The van der Waals surface area contributed by atoms with E-state index >= 15 is 0 Å². The van der Waals surface area contributed by atoms with E-state index in [0.717, 1.165) is 12.8 Å². The smallest absolute Gasteiger partial charge is 0.359 e. The van der Waals surface area contributed by atoms with Gasteiger partial charge in [-0.15, -0.1) is 0 Å². The minimum absolute atomic E-state index is 0.0944. The van der Waals surface area contributed by atoms with Gasteiger partial charge in [0.1, 0.15) is 12.1 Å². The van der Waals surface area contributed by atoms with Gasteiger partial charge >= 0.3 is 5.97 Å². The molecule has 6 nitrogen and oxygen atoms in total. The van der Waals surface area contributed by atoms with Crippen LogP contribution in [0.1, 0.15) is 30.3 Å². The van der Waals surface area contributed by atoms with Gasteiger partial charge in [-0.3, -0.25) is 4.79 Å². The van der Waals surface area contributed by atoms with Gasteiger partial charge in [-0.05, 0) is 6.42 Å². The Morgan fingerprint density at radius 3 is 2.80 bits per heavy atom. The minimum atomic E-state index is -0.508. The predicted molar refractivity (Wildman–Crippen MR) is 70.2 cm³/mol. The number of carbonyl (C=O) groups is 1. The second kappa shape index (κ2) is 4.94. The molecular weight excluding hydrogens is 262 g/mol. The fraction of sp³-hybridized carbons (Fsp3) is 0.571. The van der Waals surface area contributed by atoms with Gasteiger partial charge in [-0.2, -0.15) is 0 Å². The molecule has 0 unspecified atom stereocenters. The first-order valence-corrected chi connectivity index (χ1v) is 6.82. The summed E-state index contributed by atoms with van der Waals surface area (Å²) in [6.07, 6.45) is 3.42. The number of ether oxygens (including phenoxy) is 3. The quantitative estimate of drug-likeness (QED) is 0.605. The van der Waals surface area contributed by atoms with Crippen LogP contribution in [0.15, 0.2) is 17.1 Å².